The van der Waals surface area contributed by atoms with Gasteiger partial charge in [-0.3, -0.25) is 14.9 Å². The number of nitrogens with one attached hydrogen (secondary N) is 2. The zero-order chi connectivity index (χ0) is 12.8. The minimum Gasteiger partial charge on any atom is -0.348 e. The maximum atomic E-state index is 11.7. The molecule has 0 radical (unpaired) electrons. The van der Waals surface area contributed by atoms with Gasteiger partial charge in [0.1, 0.15) is 6.54 Å². The van der Waals surface area contributed by atoms with E-state index < -0.39 is 18.6 Å². The Hall–Kier alpha value is -1.31. The number of rotatable bonds is 5. The van der Waals surface area contributed by atoms with Crippen LogP contribution in [0, 0.1) is 0 Å². The van der Waals surface area contributed by atoms with E-state index in [-0.39, 0.29) is 19.0 Å². The molecule has 5 nitrogen and oxygen atoms in total. The summed E-state index contributed by atoms with van der Waals surface area (Å²) in [4.78, 5) is 23.1. The van der Waals surface area contributed by atoms with Crippen LogP contribution in [0.1, 0.15) is 0 Å². The van der Waals surface area contributed by atoms with Crippen molar-refractivity contribution in [3.05, 3.63) is 0 Å². The molecular weight excluding hydrogens is 227 g/mol. The average molecular weight is 241 g/mol. The smallest absolute Gasteiger partial charge is 0.348 e. The van der Waals surface area contributed by atoms with Gasteiger partial charge < -0.3 is 10.2 Å². The maximum Gasteiger partial charge on any atom is 0.405 e. The molecule has 0 aliphatic rings. The second-order valence-electron chi connectivity index (χ2n) is 3.28. The predicted octanol–water partition coefficient (Wildman–Crippen LogP) is -0.657. The van der Waals surface area contributed by atoms with Crippen molar-refractivity contribution in [1.82, 2.24) is 15.5 Å². The maximum absolute atomic E-state index is 11.7. The number of alkyl halides is 3. The number of nitrogens with zero attached hydrogens (tertiary/aromatic N) is 1. The van der Waals surface area contributed by atoms with E-state index in [9.17, 15) is 22.8 Å². The first kappa shape index (κ1) is 14.7. The molecule has 0 aromatic heterocycles. The summed E-state index contributed by atoms with van der Waals surface area (Å²) in [6.45, 7) is -1.78. The Labute approximate surface area is 91.0 Å². The summed E-state index contributed by atoms with van der Waals surface area (Å²) in [5, 5.41) is 4.11. The molecule has 0 spiro atoms. The molecule has 16 heavy (non-hydrogen) atoms. The van der Waals surface area contributed by atoms with Crippen LogP contribution in [-0.2, 0) is 9.59 Å². The number of carbonyl (C=O) groups excluding carboxylic acids is 2. The van der Waals surface area contributed by atoms with E-state index in [4.69, 9.17) is 0 Å². The Balaban J connectivity index is 3.63. The summed E-state index contributed by atoms with van der Waals surface area (Å²) >= 11 is 0. The molecule has 0 saturated carbocycles. The molecule has 0 atom stereocenters. The normalized spacial score (nSPS) is 11.1. The van der Waals surface area contributed by atoms with Gasteiger partial charge in [0, 0.05) is 14.1 Å². The molecular formula is C8H14F3N3O2. The number of hydrogen-bond acceptors (Lipinski definition) is 3. The van der Waals surface area contributed by atoms with Crippen LogP contribution in [0.4, 0.5) is 13.2 Å². The van der Waals surface area contributed by atoms with Crippen molar-refractivity contribution in [3.63, 3.8) is 0 Å². The predicted molar refractivity (Wildman–Crippen MR) is 50.6 cm³/mol. The van der Waals surface area contributed by atoms with Crippen LogP contribution in [-0.4, -0.2) is 56.6 Å². The van der Waals surface area contributed by atoms with Crippen LogP contribution in [0.25, 0.3) is 0 Å². The van der Waals surface area contributed by atoms with Crippen molar-refractivity contribution in [2.45, 2.75) is 6.18 Å². The lowest BCUT2D eigenvalue weighted by Gasteiger charge is -2.11. The van der Waals surface area contributed by atoms with E-state index in [2.05, 4.69) is 5.32 Å². The van der Waals surface area contributed by atoms with Gasteiger partial charge in [-0.15, -0.1) is 0 Å². The quantitative estimate of drug-likeness (QED) is 0.672. The molecule has 0 aliphatic heterocycles. The van der Waals surface area contributed by atoms with Crippen LogP contribution in [0.15, 0.2) is 0 Å². The second-order valence-corrected chi connectivity index (χ2v) is 3.28. The Morgan fingerprint density at radius 1 is 1.19 bits per heavy atom. The van der Waals surface area contributed by atoms with Crippen molar-refractivity contribution in [2.24, 2.45) is 0 Å². The van der Waals surface area contributed by atoms with E-state index in [1.807, 2.05) is 0 Å². The standard InChI is InChI=1S/C8H14F3N3O2/c1-14(2)7(16)4-12-3-6(15)13-5-8(9,10)11/h12H,3-5H2,1-2H3,(H,13,15). The zero-order valence-corrected chi connectivity index (χ0v) is 9.02. The number of likely N-dealkylation sites (N-methyl/N-ethyl adjacent to an activating group) is 1. The number of halogens is 3. The summed E-state index contributed by atoms with van der Waals surface area (Å²) < 4.78 is 35.0. The third kappa shape index (κ3) is 8.04. The van der Waals surface area contributed by atoms with Gasteiger partial charge in [0.2, 0.25) is 11.8 Å². The SMILES string of the molecule is CN(C)C(=O)CNCC(=O)NCC(F)(F)F. The minimum atomic E-state index is -4.42. The van der Waals surface area contributed by atoms with Crippen molar-refractivity contribution < 1.29 is 22.8 Å². The van der Waals surface area contributed by atoms with Gasteiger partial charge in [-0.1, -0.05) is 0 Å². The van der Waals surface area contributed by atoms with Gasteiger partial charge in [-0.05, 0) is 0 Å². The Morgan fingerprint density at radius 2 is 1.75 bits per heavy atom. The van der Waals surface area contributed by atoms with Gasteiger partial charge in [0.15, 0.2) is 0 Å². The first-order valence-corrected chi connectivity index (χ1v) is 4.46. The van der Waals surface area contributed by atoms with Gasteiger partial charge in [0.25, 0.3) is 0 Å². The molecule has 0 aliphatic carbocycles. The van der Waals surface area contributed by atoms with E-state index in [0.29, 0.717) is 0 Å². The number of amides is 2. The van der Waals surface area contributed by atoms with Crippen LogP contribution >= 0.6 is 0 Å². The third-order valence-corrected chi connectivity index (χ3v) is 1.55. The van der Waals surface area contributed by atoms with Crippen molar-refractivity contribution in [3.8, 4) is 0 Å². The highest BCUT2D eigenvalue weighted by atomic mass is 19.4. The summed E-state index contributed by atoms with van der Waals surface area (Å²) in [5.41, 5.74) is 0. The van der Waals surface area contributed by atoms with Crippen LogP contribution in [0.3, 0.4) is 0 Å². The zero-order valence-electron chi connectivity index (χ0n) is 9.02. The van der Waals surface area contributed by atoms with Gasteiger partial charge in [0.05, 0.1) is 13.1 Å². The Bertz CT molecular complexity index is 253. The first-order chi connectivity index (χ1) is 7.22. The highest BCUT2D eigenvalue weighted by Gasteiger charge is 2.27. The fourth-order valence-corrected chi connectivity index (χ4v) is 0.702. The summed E-state index contributed by atoms with van der Waals surface area (Å²) in [7, 11) is 3.07. The fourth-order valence-electron chi connectivity index (χ4n) is 0.702. The minimum absolute atomic E-state index is 0.0908. The summed E-state index contributed by atoms with van der Waals surface area (Å²) in [6, 6.07) is 0. The molecule has 0 heterocycles. The van der Waals surface area contributed by atoms with E-state index >= 15 is 0 Å². The highest BCUT2D eigenvalue weighted by Crippen LogP contribution is 2.11. The number of carbonyl (C=O) groups is 2. The van der Waals surface area contributed by atoms with Crippen molar-refractivity contribution in [1.29, 1.82) is 0 Å². The van der Waals surface area contributed by atoms with Crippen LogP contribution in [0.2, 0.25) is 0 Å². The van der Waals surface area contributed by atoms with Gasteiger partial charge >= 0.3 is 6.18 Å². The monoisotopic (exact) mass is 241 g/mol. The molecule has 8 heteroatoms. The van der Waals surface area contributed by atoms with E-state index in [0.717, 1.165) is 0 Å². The fraction of sp³-hybridized carbons (Fsp3) is 0.750. The Kier molecular flexibility index (Phi) is 5.79. The third-order valence-electron chi connectivity index (χ3n) is 1.55. The number of hydrogen-bond donors (Lipinski definition) is 2. The lowest BCUT2D eigenvalue weighted by atomic mass is 10.5. The molecule has 0 aromatic carbocycles. The van der Waals surface area contributed by atoms with Crippen LogP contribution in [0.5, 0.6) is 0 Å². The lowest BCUT2D eigenvalue weighted by Crippen LogP contribution is -2.42. The molecule has 0 unspecified atom stereocenters. The summed E-state index contributed by atoms with van der Waals surface area (Å²) in [5.74, 6) is -1.06. The molecule has 2 N–H and O–H groups in total. The molecule has 0 fully saturated rings. The average Bonchev–Trinajstić information content (AvgIpc) is 2.13. The van der Waals surface area contributed by atoms with Crippen LogP contribution < -0.4 is 10.6 Å². The molecule has 0 rings (SSSR count). The van der Waals surface area contributed by atoms with Gasteiger partial charge in [-0.2, -0.15) is 13.2 Å². The molecule has 94 valence electrons. The Morgan fingerprint density at radius 3 is 2.19 bits per heavy atom. The van der Waals surface area contributed by atoms with Crippen molar-refractivity contribution in [2.75, 3.05) is 33.7 Å². The summed E-state index contributed by atoms with van der Waals surface area (Å²) in [6.07, 6.45) is -4.42. The van der Waals surface area contributed by atoms with E-state index in [1.165, 1.54) is 19.0 Å². The van der Waals surface area contributed by atoms with Gasteiger partial charge in [-0.25, -0.2) is 0 Å². The second kappa shape index (κ2) is 6.31. The lowest BCUT2D eigenvalue weighted by molar-refractivity contribution is -0.138. The molecule has 0 saturated heterocycles. The molecule has 0 aromatic rings. The topological polar surface area (TPSA) is 61.4 Å². The van der Waals surface area contributed by atoms with E-state index in [1.54, 1.807) is 5.32 Å². The van der Waals surface area contributed by atoms with Crippen molar-refractivity contribution >= 4 is 11.8 Å². The first-order valence-electron chi connectivity index (χ1n) is 4.46. The highest BCUT2D eigenvalue weighted by molar-refractivity contribution is 5.80. The molecule has 2 amide bonds. The molecule has 0 bridgehead atoms. The largest absolute Gasteiger partial charge is 0.405 e.